The predicted octanol–water partition coefficient (Wildman–Crippen LogP) is 3.43. The number of rotatable bonds is 4. The summed E-state index contributed by atoms with van der Waals surface area (Å²) in [6.07, 6.45) is 2.84. The third-order valence-electron chi connectivity index (χ3n) is 4.82. The van der Waals surface area contributed by atoms with Crippen LogP contribution >= 0.6 is 0 Å². The fourth-order valence-electron chi connectivity index (χ4n) is 3.35. The monoisotopic (exact) mass is 373 g/mol. The predicted molar refractivity (Wildman–Crippen MR) is 99.6 cm³/mol. The third-order valence-corrected chi connectivity index (χ3v) is 6.70. The molecule has 1 unspecified atom stereocenters. The smallest absolute Gasteiger partial charge is 0.337 e. The Balaban J connectivity index is 1.84. The van der Waals surface area contributed by atoms with Crippen LogP contribution in [0, 0.1) is 0 Å². The van der Waals surface area contributed by atoms with Gasteiger partial charge in [0.1, 0.15) is 0 Å². The largest absolute Gasteiger partial charge is 0.465 e. The van der Waals surface area contributed by atoms with Crippen molar-refractivity contribution in [3.05, 3.63) is 65.7 Å². The number of ether oxygens (including phenoxy) is 1. The first-order valence-corrected chi connectivity index (χ1v) is 10.2. The first kappa shape index (κ1) is 18.6. The van der Waals surface area contributed by atoms with Crippen LogP contribution in [0.1, 0.15) is 41.1 Å². The molecule has 0 radical (unpaired) electrons. The molecule has 1 aliphatic heterocycles. The zero-order valence-corrected chi connectivity index (χ0v) is 15.6. The van der Waals surface area contributed by atoms with Gasteiger partial charge in [-0.05, 0) is 48.6 Å². The van der Waals surface area contributed by atoms with Crippen molar-refractivity contribution < 1.29 is 17.9 Å². The van der Waals surface area contributed by atoms with Gasteiger partial charge in [-0.3, -0.25) is 0 Å². The highest BCUT2D eigenvalue weighted by atomic mass is 32.2. The van der Waals surface area contributed by atoms with Crippen LogP contribution in [-0.4, -0.2) is 38.9 Å². The summed E-state index contributed by atoms with van der Waals surface area (Å²) in [5, 5.41) is 0. The Labute approximate surface area is 154 Å². The highest BCUT2D eigenvalue weighted by Gasteiger charge is 2.29. The van der Waals surface area contributed by atoms with Gasteiger partial charge in [0.25, 0.3) is 0 Å². The zero-order valence-electron chi connectivity index (χ0n) is 14.8. The van der Waals surface area contributed by atoms with Gasteiger partial charge < -0.3 is 4.74 Å². The van der Waals surface area contributed by atoms with Gasteiger partial charge in [0.2, 0.25) is 10.0 Å². The third kappa shape index (κ3) is 3.97. The van der Waals surface area contributed by atoms with Gasteiger partial charge in [-0.25, -0.2) is 13.2 Å². The molecule has 0 amide bonds. The molecule has 0 aliphatic carbocycles. The molecule has 0 spiro atoms. The standard InChI is InChI=1S/C20H23NO4S/c1-25-20(22)17-10-12-19(13-11-17)26(23,24)21-14-6-5-9-18(15-21)16-7-3-2-4-8-16/h2-4,7-8,10-13,18H,5-6,9,14-15H2,1H3. The quantitative estimate of drug-likeness (QED) is 0.770. The molecule has 2 aromatic rings. The summed E-state index contributed by atoms with van der Waals surface area (Å²) >= 11 is 0. The molecule has 1 fully saturated rings. The number of carbonyl (C=O) groups excluding carboxylic acids is 1. The first-order chi connectivity index (χ1) is 12.5. The molecule has 5 nitrogen and oxygen atoms in total. The Hall–Kier alpha value is -2.18. The maximum atomic E-state index is 13.1. The maximum Gasteiger partial charge on any atom is 0.337 e. The second-order valence-corrected chi connectivity index (χ2v) is 8.42. The number of carbonyl (C=O) groups is 1. The molecule has 6 heteroatoms. The van der Waals surface area contributed by atoms with E-state index in [2.05, 4.69) is 16.9 Å². The molecule has 1 atom stereocenters. The lowest BCUT2D eigenvalue weighted by molar-refractivity contribution is 0.0600. The molecule has 138 valence electrons. The van der Waals surface area contributed by atoms with E-state index in [1.54, 1.807) is 4.31 Å². The lowest BCUT2D eigenvalue weighted by Gasteiger charge is -2.24. The SMILES string of the molecule is COC(=O)c1ccc(S(=O)(=O)N2CCCCC(c3ccccc3)C2)cc1. The molecule has 2 aromatic carbocycles. The highest BCUT2D eigenvalue weighted by molar-refractivity contribution is 7.89. The van der Waals surface area contributed by atoms with E-state index >= 15 is 0 Å². The fraction of sp³-hybridized carbons (Fsp3) is 0.350. The van der Waals surface area contributed by atoms with Crippen molar-refractivity contribution in [1.29, 1.82) is 0 Å². The molecule has 1 heterocycles. The van der Waals surface area contributed by atoms with Gasteiger partial charge in [-0.2, -0.15) is 4.31 Å². The molecule has 26 heavy (non-hydrogen) atoms. The summed E-state index contributed by atoms with van der Waals surface area (Å²) in [4.78, 5) is 11.7. The van der Waals surface area contributed by atoms with Gasteiger partial charge in [0, 0.05) is 13.1 Å². The summed E-state index contributed by atoms with van der Waals surface area (Å²) < 4.78 is 32.4. The lowest BCUT2D eigenvalue weighted by atomic mass is 9.95. The maximum absolute atomic E-state index is 13.1. The molecule has 1 aliphatic rings. The average molecular weight is 373 g/mol. The molecular weight excluding hydrogens is 350 g/mol. The van der Waals surface area contributed by atoms with Crippen molar-refractivity contribution in [3.63, 3.8) is 0 Å². The van der Waals surface area contributed by atoms with E-state index in [1.807, 2.05) is 18.2 Å². The highest BCUT2D eigenvalue weighted by Crippen LogP contribution is 2.29. The van der Waals surface area contributed by atoms with Crippen molar-refractivity contribution in [1.82, 2.24) is 4.31 Å². The number of esters is 1. The average Bonchev–Trinajstić information content (AvgIpc) is 2.95. The summed E-state index contributed by atoms with van der Waals surface area (Å²) in [5.41, 5.74) is 1.51. The van der Waals surface area contributed by atoms with E-state index in [0.29, 0.717) is 18.7 Å². The van der Waals surface area contributed by atoms with Gasteiger partial charge in [-0.15, -0.1) is 0 Å². The lowest BCUT2D eigenvalue weighted by Crippen LogP contribution is -2.34. The number of sulfonamides is 1. The number of nitrogens with zero attached hydrogens (tertiary/aromatic N) is 1. The summed E-state index contributed by atoms with van der Waals surface area (Å²) in [7, 11) is -2.29. The molecule has 0 saturated carbocycles. The first-order valence-electron chi connectivity index (χ1n) is 8.76. The second kappa shape index (κ2) is 8.01. The molecule has 3 rings (SSSR count). The van der Waals surface area contributed by atoms with Crippen molar-refractivity contribution >= 4 is 16.0 Å². The second-order valence-electron chi connectivity index (χ2n) is 6.48. The molecular formula is C20H23NO4S. The van der Waals surface area contributed by atoms with E-state index in [-0.39, 0.29) is 10.8 Å². The van der Waals surface area contributed by atoms with Gasteiger partial charge in [-0.1, -0.05) is 36.8 Å². The number of hydrogen-bond acceptors (Lipinski definition) is 4. The topological polar surface area (TPSA) is 63.7 Å². The molecule has 1 saturated heterocycles. The van der Waals surface area contributed by atoms with E-state index in [1.165, 1.54) is 36.9 Å². The summed E-state index contributed by atoms with van der Waals surface area (Å²) in [6.45, 7) is 0.996. The molecule has 0 N–H and O–H groups in total. The zero-order chi connectivity index (χ0) is 18.6. The van der Waals surface area contributed by atoms with Gasteiger partial charge in [0.15, 0.2) is 0 Å². The normalized spacial score (nSPS) is 18.9. The number of benzene rings is 2. The minimum atomic E-state index is -3.59. The van der Waals surface area contributed by atoms with Crippen LogP contribution in [-0.2, 0) is 14.8 Å². The van der Waals surface area contributed by atoms with Crippen molar-refractivity contribution in [2.45, 2.75) is 30.1 Å². The van der Waals surface area contributed by atoms with Crippen molar-refractivity contribution in [3.8, 4) is 0 Å². The number of methoxy groups -OCH3 is 1. The minimum Gasteiger partial charge on any atom is -0.465 e. The molecule has 0 bridgehead atoms. The Morgan fingerprint density at radius 2 is 1.73 bits per heavy atom. The van der Waals surface area contributed by atoms with Crippen LogP contribution in [0.15, 0.2) is 59.5 Å². The van der Waals surface area contributed by atoms with Gasteiger partial charge >= 0.3 is 5.97 Å². The van der Waals surface area contributed by atoms with Crippen LogP contribution in [0.25, 0.3) is 0 Å². The fourth-order valence-corrected chi connectivity index (χ4v) is 4.88. The molecule has 0 aromatic heterocycles. The van der Waals surface area contributed by atoms with E-state index in [9.17, 15) is 13.2 Å². The Kier molecular flexibility index (Phi) is 5.74. The van der Waals surface area contributed by atoms with Crippen molar-refractivity contribution in [2.75, 3.05) is 20.2 Å². The van der Waals surface area contributed by atoms with Gasteiger partial charge in [0.05, 0.1) is 17.6 Å². The van der Waals surface area contributed by atoms with Crippen LogP contribution in [0.5, 0.6) is 0 Å². The Morgan fingerprint density at radius 3 is 2.38 bits per heavy atom. The van der Waals surface area contributed by atoms with Crippen LogP contribution < -0.4 is 0 Å². The van der Waals surface area contributed by atoms with E-state index in [0.717, 1.165) is 19.3 Å². The number of hydrogen-bond donors (Lipinski definition) is 0. The van der Waals surface area contributed by atoms with Crippen LogP contribution in [0.4, 0.5) is 0 Å². The van der Waals surface area contributed by atoms with Crippen LogP contribution in [0.3, 0.4) is 0 Å². The van der Waals surface area contributed by atoms with E-state index < -0.39 is 16.0 Å². The van der Waals surface area contributed by atoms with Crippen LogP contribution in [0.2, 0.25) is 0 Å². The van der Waals surface area contributed by atoms with E-state index in [4.69, 9.17) is 0 Å². The minimum absolute atomic E-state index is 0.197. The summed E-state index contributed by atoms with van der Waals surface area (Å²) in [6, 6.07) is 16.0. The Bertz CT molecular complexity index is 847. The summed E-state index contributed by atoms with van der Waals surface area (Å²) in [5.74, 6) is -0.282. The van der Waals surface area contributed by atoms with Crippen molar-refractivity contribution in [2.24, 2.45) is 0 Å². The Morgan fingerprint density at radius 1 is 1.04 bits per heavy atom.